The van der Waals surface area contributed by atoms with Crippen molar-refractivity contribution >= 4 is 52.3 Å². The van der Waals surface area contributed by atoms with E-state index < -0.39 is 6.36 Å². The number of alkyl halides is 3. The Bertz CT molecular complexity index is 757. The molecule has 0 aliphatic carbocycles. The monoisotopic (exact) mass is 520 g/mol. The van der Waals surface area contributed by atoms with Crippen LogP contribution in [0.1, 0.15) is 17.2 Å². The molecule has 156 valence electrons. The molecule has 1 saturated heterocycles. The summed E-state index contributed by atoms with van der Waals surface area (Å²) in [7, 11) is 0. The molecule has 0 spiro atoms. The van der Waals surface area contributed by atoms with Gasteiger partial charge in [-0.2, -0.15) is 0 Å². The fraction of sp³-hybridized carbons (Fsp3) is 0.333. The van der Waals surface area contributed by atoms with Crippen LogP contribution < -0.4 is 10.1 Å². The number of hydrogen-bond donors (Lipinski definition) is 1. The molecular weight excluding hydrogens is 503 g/mol. The summed E-state index contributed by atoms with van der Waals surface area (Å²) in [6.45, 7) is 3.35. The molecule has 2 aromatic rings. The van der Waals surface area contributed by atoms with Crippen LogP contribution in [-0.2, 0) is 0 Å². The lowest BCUT2D eigenvalue weighted by atomic mass is 9.96. The summed E-state index contributed by atoms with van der Waals surface area (Å²) in [6.07, 6.45) is -4.70. The highest BCUT2D eigenvalue weighted by Gasteiger charge is 2.31. The third-order valence-electron chi connectivity index (χ3n) is 4.20. The summed E-state index contributed by atoms with van der Waals surface area (Å²) in [4.78, 5) is 2.28. The van der Waals surface area contributed by atoms with Crippen molar-refractivity contribution in [1.29, 1.82) is 0 Å². The molecule has 10 heteroatoms. The van der Waals surface area contributed by atoms with Crippen LogP contribution >= 0.6 is 52.3 Å². The van der Waals surface area contributed by atoms with Gasteiger partial charge in [0, 0.05) is 35.7 Å². The van der Waals surface area contributed by atoms with Gasteiger partial charge < -0.3 is 10.1 Å². The highest BCUT2D eigenvalue weighted by atomic mass is 79.9. The van der Waals surface area contributed by atoms with Gasteiger partial charge in [0.25, 0.3) is 0 Å². The van der Waals surface area contributed by atoms with Gasteiger partial charge in [0.1, 0.15) is 5.75 Å². The zero-order chi connectivity index (χ0) is 18.7. The molecule has 1 atom stereocenters. The molecule has 0 bridgehead atoms. The van der Waals surface area contributed by atoms with Crippen LogP contribution in [0.3, 0.4) is 0 Å². The Morgan fingerprint density at radius 1 is 1.04 bits per heavy atom. The number of hydrogen-bond acceptors (Lipinski definition) is 3. The highest BCUT2D eigenvalue weighted by molar-refractivity contribution is 9.10. The van der Waals surface area contributed by atoms with Crippen molar-refractivity contribution in [2.24, 2.45) is 0 Å². The molecule has 0 unspecified atom stereocenters. The molecule has 28 heavy (non-hydrogen) atoms. The number of nitrogens with zero attached hydrogens (tertiary/aromatic N) is 1. The van der Waals surface area contributed by atoms with Crippen LogP contribution in [0.2, 0.25) is 5.02 Å². The Kier molecular flexibility index (Phi) is 9.86. The lowest BCUT2D eigenvalue weighted by Gasteiger charge is -2.36. The zero-order valence-corrected chi connectivity index (χ0v) is 18.5. The van der Waals surface area contributed by atoms with Crippen LogP contribution in [0, 0.1) is 0 Å². The van der Waals surface area contributed by atoms with E-state index in [0.29, 0.717) is 5.02 Å². The van der Waals surface area contributed by atoms with Gasteiger partial charge in [-0.15, -0.1) is 38.0 Å². The van der Waals surface area contributed by atoms with Crippen LogP contribution in [0.25, 0.3) is 0 Å². The molecule has 0 saturated carbocycles. The fourth-order valence-corrected chi connectivity index (χ4v) is 3.75. The molecule has 1 heterocycles. The van der Waals surface area contributed by atoms with Crippen molar-refractivity contribution in [1.82, 2.24) is 10.2 Å². The molecule has 0 radical (unpaired) electrons. The second kappa shape index (κ2) is 10.9. The predicted octanol–water partition coefficient (Wildman–Crippen LogP) is 5.84. The van der Waals surface area contributed by atoms with E-state index in [4.69, 9.17) is 11.6 Å². The number of piperazine rings is 1. The summed E-state index contributed by atoms with van der Waals surface area (Å²) in [5.41, 5.74) is 1.85. The maximum atomic E-state index is 12.4. The summed E-state index contributed by atoms with van der Waals surface area (Å²) >= 11 is 9.76. The lowest BCUT2D eigenvalue weighted by Crippen LogP contribution is -2.45. The van der Waals surface area contributed by atoms with Crippen LogP contribution in [0.4, 0.5) is 13.2 Å². The maximum absolute atomic E-state index is 12.4. The summed E-state index contributed by atoms with van der Waals surface area (Å²) in [5.74, 6) is -0.231. The third kappa shape index (κ3) is 6.68. The Morgan fingerprint density at radius 2 is 1.64 bits per heavy atom. The smallest absolute Gasteiger partial charge is 0.406 e. The Balaban J connectivity index is 0.00000196. The number of ether oxygens (including phenoxy) is 1. The molecule has 3 nitrogen and oxygen atoms in total. The molecule has 1 aliphatic rings. The Hall–Kier alpha value is -0.700. The lowest BCUT2D eigenvalue weighted by molar-refractivity contribution is -0.274. The quantitative estimate of drug-likeness (QED) is 0.546. The van der Waals surface area contributed by atoms with Crippen LogP contribution in [0.15, 0.2) is 46.9 Å². The first kappa shape index (κ1) is 25.3. The zero-order valence-electron chi connectivity index (χ0n) is 14.5. The maximum Gasteiger partial charge on any atom is 0.573 e. The molecule has 1 aliphatic heterocycles. The summed E-state index contributed by atoms with van der Waals surface area (Å²) in [6, 6.07) is 11.5. The number of nitrogens with one attached hydrogen (secondary N) is 1. The van der Waals surface area contributed by atoms with Crippen molar-refractivity contribution in [2.75, 3.05) is 26.2 Å². The van der Waals surface area contributed by atoms with E-state index in [2.05, 4.69) is 30.9 Å². The number of rotatable bonds is 4. The van der Waals surface area contributed by atoms with Gasteiger partial charge in [0.05, 0.1) is 6.04 Å². The van der Waals surface area contributed by atoms with Crippen molar-refractivity contribution in [2.45, 2.75) is 12.4 Å². The Morgan fingerprint density at radius 3 is 2.21 bits per heavy atom. The van der Waals surface area contributed by atoms with Crippen LogP contribution in [0.5, 0.6) is 5.75 Å². The first-order valence-electron chi connectivity index (χ1n) is 8.09. The molecule has 1 N–H and O–H groups in total. The van der Waals surface area contributed by atoms with Gasteiger partial charge in [-0.25, -0.2) is 0 Å². The number of benzene rings is 2. The van der Waals surface area contributed by atoms with Crippen molar-refractivity contribution in [3.63, 3.8) is 0 Å². The van der Waals surface area contributed by atoms with E-state index in [1.54, 1.807) is 18.2 Å². The first-order chi connectivity index (χ1) is 12.3. The standard InChI is InChI=1S/C18H17BrClF3N2O.2ClH/c19-16-6-3-13(20)11-15(16)17(25-9-7-24-8-10-25)12-1-4-14(5-2-12)26-18(21,22)23;;/h1-6,11,17,24H,7-10H2;2*1H/t17-;;/m1../s1. The first-order valence-corrected chi connectivity index (χ1v) is 9.26. The highest BCUT2D eigenvalue weighted by Crippen LogP contribution is 2.36. The van der Waals surface area contributed by atoms with Crippen molar-refractivity contribution in [3.8, 4) is 5.75 Å². The second-order valence-corrected chi connectivity index (χ2v) is 7.26. The minimum Gasteiger partial charge on any atom is -0.406 e. The average molecular weight is 523 g/mol. The van der Waals surface area contributed by atoms with Crippen molar-refractivity contribution in [3.05, 3.63) is 63.1 Å². The van der Waals surface area contributed by atoms with E-state index in [9.17, 15) is 13.2 Å². The minimum atomic E-state index is -4.70. The predicted molar refractivity (Wildman–Crippen MR) is 113 cm³/mol. The molecule has 1 fully saturated rings. The normalized spacial score (nSPS) is 15.9. The van der Waals surface area contributed by atoms with E-state index >= 15 is 0 Å². The molecule has 0 aromatic heterocycles. The summed E-state index contributed by atoms with van der Waals surface area (Å²) in [5, 5.41) is 3.92. The average Bonchev–Trinajstić information content (AvgIpc) is 2.59. The topological polar surface area (TPSA) is 24.5 Å². The van der Waals surface area contributed by atoms with E-state index in [1.807, 2.05) is 12.1 Å². The van der Waals surface area contributed by atoms with Crippen LogP contribution in [-0.4, -0.2) is 37.4 Å². The van der Waals surface area contributed by atoms with Gasteiger partial charge in [-0.3, -0.25) is 4.90 Å². The minimum absolute atomic E-state index is 0. The Labute approximate surface area is 187 Å². The van der Waals surface area contributed by atoms with Gasteiger partial charge in [0.15, 0.2) is 0 Å². The fourth-order valence-electron chi connectivity index (χ4n) is 3.10. The summed E-state index contributed by atoms with van der Waals surface area (Å²) < 4.78 is 42.1. The van der Waals surface area contributed by atoms with E-state index in [1.165, 1.54) is 12.1 Å². The van der Waals surface area contributed by atoms with Gasteiger partial charge in [-0.1, -0.05) is 39.7 Å². The van der Waals surface area contributed by atoms with Crippen molar-refractivity contribution < 1.29 is 17.9 Å². The molecule has 2 aromatic carbocycles. The van der Waals surface area contributed by atoms with Gasteiger partial charge >= 0.3 is 6.36 Å². The van der Waals surface area contributed by atoms with Gasteiger partial charge in [-0.05, 0) is 41.5 Å². The largest absolute Gasteiger partial charge is 0.573 e. The SMILES string of the molecule is Cl.Cl.FC(F)(F)Oc1ccc([C@H](c2cc(Cl)ccc2Br)N2CCNCC2)cc1. The van der Waals surface area contributed by atoms with E-state index in [-0.39, 0.29) is 36.6 Å². The second-order valence-electron chi connectivity index (χ2n) is 5.97. The molecule has 0 amide bonds. The molecule has 3 rings (SSSR count). The molecular formula is C18H19BrCl3F3N2O. The van der Waals surface area contributed by atoms with Gasteiger partial charge in [0.2, 0.25) is 0 Å². The van der Waals surface area contributed by atoms with E-state index in [0.717, 1.165) is 41.8 Å². The third-order valence-corrected chi connectivity index (χ3v) is 5.16. The number of halogens is 7.